The second-order valence-electron chi connectivity index (χ2n) is 4.03. The molecule has 1 aliphatic rings. The fourth-order valence-corrected chi connectivity index (χ4v) is 2.05. The van der Waals surface area contributed by atoms with Gasteiger partial charge in [-0.15, -0.1) is 0 Å². The molecule has 1 saturated heterocycles. The number of hydrogen-bond acceptors (Lipinski definition) is 4. The van der Waals surface area contributed by atoms with Gasteiger partial charge in [-0.25, -0.2) is 14.8 Å². The molecule has 0 bridgehead atoms. The average Bonchev–Trinajstić information content (AvgIpc) is 2.30. The van der Waals surface area contributed by atoms with Crippen LogP contribution < -0.4 is 0 Å². The zero-order valence-corrected chi connectivity index (χ0v) is 10.6. The van der Waals surface area contributed by atoms with E-state index in [1.165, 1.54) is 4.90 Å². The molecule has 6 nitrogen and oxygen atoms in total. The Bertz CT molecular complexity index is 415. The van der Waals surface area contributed by atoms with Crippen LogP contribution in [-0.4, -0.2) is 44.3 Å². The van der Waals surface area contributed by atoms with Gasteiger partial charge in [0.25, 0.3) is 0 Å². The predicted octanol–water partition coefficient (Wildman–Crippen LogP) is 1.20. The summed E-state index contributed by atoms with van der Waals surface area (Å²) in [5.41, 5.74) is -1.12. The molecule has 0 spiro atoms. The molecule has 17 heavy (non-hydrogen) atoms. The number of carboxylic acid groups (broad SMARTS) is 1. The second-order valence-corrected chi connectivity index (χ2v) is 4.94. The Kier molecular flexibility index (Phi) is 3.30. The minimum Gasteiger partial charge on any atom is -0.465 e. The topological polar surface area (TPSA) is 86.5 Å². The van der Waals surface area contributed by atoms with Crippen molar-refractivity contribution in [3.05, 3.63) is 22.7 Å². The van der Waals surface area contributed by atoms with Crippen LogP contribution in [0.4, 0.5) is 4.79 Å². The van der Waals surface area contributed by atoms with Crippen LogP contribution in [-0.2, 0) is 5.60 Å². The largest absolute Gasteiger partial charge is 0.465 e. The number of hydrogen-bond donors (Lipinski definition) is 2. The normalized spacial score (nSPS) is 19.1. The quantitative estimate of drug-likeness (QED) is 0.814. The number of amides is 1. The molecule has 0 saturated carbocycles. The fraction of sp³-hybridized carbons (Fsp3) is 0.500. The summed E-state index contributed by atoms with van der Waals surface area (Å²) in [4.78, 5) is 20.2. The molecule has 2 heterocycles. The van der Waals surface area contributed by atoms with Crippen molar-refractivity contribution in [1.29, 1.82) is 0 Å². The van der Waals surface area contributed by atoms with E-state index in [1.54, 1.807) is 12.4 Å². The Morgan fingerprint density at radius 1 is 1.35 bits per heavy atom. The molecule has 1 aromatic rings. The van der Waals surface area contributed by atoms with Gasteiger partial charge < -0.3 is 15.1 Å². The highest BCUT2D eigenvalue weighted by Gasteiger charge is 2.37. The van der Waals surface area contributed by atoms with Crippen LogP contribution >= 0.6 is 15.9 Å². The molecule has 7 heteroatoms. The molecule has 0 aromatic carbocycles. The van der Waals surface area contributed by atoms with Gasteiger partial charge in [-0.05, 0) is 15.9 Å². The maximum absolute atomic E-state index is 10.8. The van der Waals surface area contributed by atoms with E-state index >= 15 is 0 Å². The lowest BCUT2D eigenvalue weighted by atomic mass is 9.90. The Morgan fingerprint density at radius 3 is 2.35 bits per heavy atom. The smallest absolute Gasteiger partial charge is 0.407 e. The van der Waals surface area contributed by atoms with Crippen LogP contribution in [0.15, 0.2) is 16.9 Å². The van der Waals surface area contributed by atoms with E-state index in [-0.39, 0.29) is 0 Å². The summed E-state index contributed by atoms with van der Waals surface area (Å²) in [5.74, 6) is 0.353. The van der Waals surface area contributed by atoms with Gasteiger partial charge in [0.1, 0.15) is 5.60 Å². The number of carbonyl (C=O) groups is 1. The number of aliphatic hydroxyl groups is 1. The van der Waals surface area contributed by atoms with E-state index in [0.717, 1.165) is 4.47 Å². The van der Waals surface area contributed by atoms with Crippen molar-refractivity contribution >= 4 is 22.0 Å². The van der Waals surface area contributed by atoms with Crippen molar-refractivity contribution in [2.45, 2.75) is 18.4 Å². The van der Waals surface area contributed by atoms with Crippen LogP contribution in [0.25, 0.3) is 0 Å². The minimum absolute atomic E-state index is 0.297. The van der Waals surface area contributed by atoms with Gasteiger partial charge in [-0.3, -0.25) is 0 Å². The molecule has 0 atom stereocenters. The summed E-state index contributed by atoms with van der Waals surface area (Å²) in [7, 11) is 0. The number of likely N-dealkylation sites (tertiary alicyclic amines) is 1. The average molecular weight is 302 g/mol. The summed E-state index contributed by atoms with van der Waals surface area (Å²) in [6.07, 6.45) is 2.83. The van der Waals surface area contributed by atoms with Crippen LogP contribution in [0, 0.1) is 0 Å². The summed E-state index contributed by atoms with van der Waals surface area (Å²) in [6, 6.07) is 0. The van der Waals surface area contributed by atoms with Crippen LogP contribution in [0.1, 0.15) is 18.7 Å². The number of nitrogens with zero attached hydrogens (tertiary/aromatic N) is 3. The third-order valence-corrected chi connectivity index (χ3v) is 3.31. The third kappa shape index (κ3) is 2.55. The molecular formula is C10H12BrN3O3. The molecule has 1 aromatic heterocycles. The second kappa shape index (κ2) is 4.58. The predicted molar refractivity (Wildman–Crippen MR) is 62.5 cm³/mol. The van der Waals surface area contributed by atoms with Crippen molar-refractivity contribution in [3.8, 4) is 0 Å². The van der Waals surface area contributed by atoms with Crippen molar-refractivity contribution in [1.82, 2.24) is 14.9 Å². The molecule has 2 N–H and O–H groups in total. The Morgan fingerprint density at radius 2 is 1.88 bits per heavy atom. The molecule has 0 aliphatic carbocycles. The lowest BCUT2D eigenvalue weighted by Gasteiger charge is -2.35. The highest BCUT2D eigenvalue weighted by Crippen LogP contribution is 2.30. The molecule has 1 aliphatic heterocycles. The van der Waals surface area contributed by atoms with Crippen LogP contribution in [0.2, 0.25) is 0 Å². The molecule has 2 rings (SSSR count). The number of piperidine rings is 1. The van der Waals surface area contributed by atoms with Gasteiger partial charge in [-0.2, -0.15) is 0 Å². The SMILES string of the molecule is O=C(O)N1CCC(O)(c2ncc(Br)cn2)CC1. The van der Waals surface area contributed by atoms with Gasteiger partial charge in [-0.1, -0.05) is 0 Å². The first kappa shape index (κ1) is 12.3. The van der Waals surface area contributed by atoms with Crippen molar-refractivity contribution < 1.29 is 15.0 Å². The monoisotopic (exact) mass is 301 g/mol. The fourth-order valence-electron chi connectivity index (χ4n) is 1.84. The number of rotatable bonds is 1. The summed E-state index contributed by atoms with van der Waals surface area (Å²) in [6.45, 7) is 0.594. The summed E-state index contributed by atoms with van der Waals surface area (Å²) < 4.78 is 0.743. The molecule has 1 fully saturated rings. The van der Waals surface area contributed by atoms with Gasteiger partial charge >= 0.3 is 6.09 Å². The van der Waals surface area contributed by atoms with Gasteiger partial charge in [0.05, 0.1) is 4.47 Å². The highest BCUT2D eigenvalue weighted by atomic mass is 79.9. The van der Waals surface area contributed by atoms with Gasteiger partial charge in [0.15, 0.2) is 5.82 Å². The van der Waals surface area contributed by atoms with Crippen LogP contribution in [0.5, 0.6) is 0 Å². The molecular weight excluding hydrogens is 290 g/mol. The Hall–Kier alpha value is -1.21. The molecule has 0 unspecified atom stereocenters. The van der Waals surface area contributed by atoms with Crippen molar-refractivity contribution in [2.24, 2.45) is 0 Å². The lowest BCUT2D eigenvalue weighted by Crippen LogP contribution is -2.45. The molecule has 0 radical (unpaired) electrons. The standard InChI is InChI=1S/C10H12BrN3O3/c11-7-5-12-8(13-6-7)10(17)1-3-14(4-2-10)9(15)16/h5-6,17H,1-4H2,(H,15,16). The first-order chi connectivity index (χ1) is 8.01. The van der Waals surface area contributed by atoms with Crippen molar-refractivity contribution in [3.63, 3.8) is 0 Å². The summed E-state index contributed by atoms with van der Waals surface area (Å²) in [5, 5.41) is 19.2. The molecule has 92 valence electrons. The van der Waals surface area contributed by atoms with E-state index in [0.29, 0.717) is 31.8 Å². The maximum atomic E-state index is 10.8. The Labute approximate surface area is 106 Å². The first-order valence-corrected chi connectivity index (χ1v) is 5.99. The van der Waals surface area contributed by atoms with Crippen LogP contribution in [0.3, 0.4) is 0 Å². The van der Waals surface area contributed by atoms with E-state index in [2.05, 4.69) is 25.9 Å². The van der Waals surface area contributed by atoms with Crippen molar-refractivity contribution in [2.75, 3.05) is 13.1 Å². The third-order valence-electron chi connectivity index (χ3n) is 2.90. The first-order valence-electron chi connectivity index (χ1n) is 5.19. The highest BCUT2D eigenvalue weighted by molar-refractivity contribution is 9.10. The minimum atomic E-state index is -1.12. The number of aromatic nitrogens is 2. The maximum Gasteiger partial charge on any atom is 0.407 e. The van der Waals surface area contributed by atoms with E-state index in [1.807, 2.05) is 0 Å². The molecule has 1 amide bonds. The number of halogens is 1. The summed E-state index contributed by atoms with van der Waals surface area (Å²) >= 11 is 3.22. The lowest BCUT2D eigenvalue weighted by molar-refractivity contribution is -0.0284. The zero-order chi connectivity index (χ0) is 12.5. The van der Waals surface area contributed by atoms with Gasteiger partial charge in [0.2, 0.25) is 0 Å². The Balaban J connectivity index is 2.11. The van der Waals surface area contributed by atoms with E-state index in [4.69, 9.17) is 5.11 Å². The van der Waals surface area contributed by atoms with E-state index in [9.17, 15) is 9.90 Å². The van der Waals surface area contributed by atoms with Gasteiger partial charge in [0, 0.05) is 38.3 Å². The zero-order valence-electron chi connectivity index (χ0n) is 9.01. The van der Waals surface area contributed by atoms with E-state index < -0.39 is 11.7 Å².